The molecule has 5 heteroatoms. The van der Waals surface area contributed by atoms with E-state index in [0.717, 1.165) is 25.5 Å². The van der Waals surface area contributed by atoms with Crippen LogP contribution in [-0.4, -0.2) is 30.3 Å². The van der Waals surface area contributed by atoms with E-state index in [9.17, 15) is 9.18 Å². The molecule has 4 nitrogen and oxygen atoms in total. The van der Waals surface area contributed by atoms with Crippen LogP contribution in [0.2, 0.25) is 0 Å². The van der Waals surface area contributed by atoms with Crippen LogP contribution in [0.4, 0.5) is 4.39 Å². The van der Waals surface area contributed by atoms with Gasteiger partial charge in [0.2, 0.25) is 0 Å². The summed E-state index contributed by atoms with van der Waals surface area (Å²) >= 11 is 0. The zero-order valence-corrected chi connectivity index (χ0v) is 9.28. The summed E-state index contributed by atoms with van der Waals surface area (Å²) in [6.45, 7) is 1.37. The van der Waals surface area contributed by atoms with Gasteiger partial charge in [0.1, 0.15) is 6.61 Å². The molecule has 2 N–H and O–H groups in total. The van der Waals surface area contributed by atoms with Crippen LogP contribution in [0.25, 0.3) is 0 Å². The van der Waals surface area contributed by atoms with Crippen molar-refractivity contribution in [1.82, 2.24) is 5.32 Å². The second-order valence-corrected chi connectivity index (χ2v) is 4.05. The van der Waals surface area contributed by atoms with Crippen LogP contribution in [0.15, 0.2) is 18.2 Å². The highest BCUT2D eigenvalue weighted by molar-refractivity contribution is 5.87. The van der Waals surface area contributed by atoms with E-state index < -0.39 is 11.8 Å². The largest absolute Gasteiger partial charge is 0.489 e. The van der Waals surface area contributed by atoms with E-state index in [1.165, 1.54) is 12.1 Å². The molecule has 1 aromatic carbocycles. The fourth-order valence-corrected chi connectivity index (χ4v) is 1.84. The first-order valence-electron chi connectivity index (χ1n) is 5.56. The fourth-order valence-electron chi connectivity index (χ4n) is 1.84. The van der Waals surface area contributed by atoms with Crippen LogP contribution in [0.3, 0.4) is 0 Å². The van der Waals surface area contributed by atoms with Gasteiger partial charge in [0.25, 0.3) is 0 Å². The highest BCUT2D eigenvalue weighted by Crippen LogP contribution is 2.19. The minimum atomic E-state index is -1.15. The molecule has 1 aliphatic heterocycles. The minimum absolute atomic E-state index is 0.0751. The highest BCUT2D eigenvalue weighted by Gasteiger charge is 2.16. The maximum atomic E-state index is 13.5. The molecule has 1 atom stereocenters. The van der Waals surface area contributed by atoms with Gasteiger partial charge in [-0.25, -0.2) is 9.18 Å². The molecule has 0 saturated carbocycles. The Bertz CT molecular complexity index is 416. The highest BCUT2D eigenvalue weighted by atomic mass is 19.1. The first kappa shape index (κ1) is 11.9. The Balaban J connectivity index is 1.98. The van der Waals surface area contributed by atoms with Crippen molar-refractivity contribution in [1.29, 1.82) is 0 Å². The number of halogens is 1. The average Bonchev–Trinajstić information content (AvgIpc) is 2.80. The monoisotopic (exact) mass is 239 g/mol. The zero-order valence-electron chi connectivity index (χ0n) is 9.28. The first-order valence-corrected chi connectivity index (χ1v) is 5.56. The van der Waals surface area contributed by atoms with Crippen molar-refractivity contribution in [3.05, 3.63) is 29.6 Å². The lowest BCUT2D eigenvalue weighted by molar-refractivity contribution is 0.0696. The number of aromatic carboxylic acids is 1. The topological polar surface area (TPSA) is 58.6 Å². The summed E-state index contributed by atoms with van der Waals surface area (Å²) in [4.78, 5) is 10.6. The second kappa shape index (κ2) is 5.14. The number of carboxylic acids is 1. The first-order chi connectivity index (χ1) is 8.16. The molecule has 0 aliphatic carbocycles. The zero-order chi connectivity index (χ0) is 12.3. The van der Waals surface area contributed by atoms with Crippen LogP contribution >= 0.6 is 0 Å². The summed E-state index contributed by atoms with van der Waals surface area (Å²) in [5.74, 6) is -1.68. The molecule has 1 fully saturated rings. The third kappa shape index (κ3) is 2.94. The molecule has 1 saturated heterocycles. The van der Waals surface area contributed by atoms with Crippen molar-refractivity contribution in [2.75, 3.05) is 13.2 Å². The normalized spacial score (nSPS) is 19.2. The molecule has 0 radical (unpaired) electrons. The van der Waals surface area contributed by atoms with Crippen LogP contribution in [0, 0.1) is 5.82 Å². The average molecular weight is 239 g/mol. The van der Waals surface area contributed by atoms with Gasteiger partial charge in [-0.1, -0.05) is 0 Å². The number of benzene rings is 1. The fraction of sp³-hybridized carbons (Fsp3) is 0.417. The van der Waals surface area contributed by atoms with Gasteiger partial charge in [-0.2, -0.15) is 0 Å². The molecule has 17 heavy (non-hydrogen) atoms. The molecule has 1 heterocycles. The molecular formula is C12H14FNO3. The van der Waals surface area contributed by atoms with E-state index in [1.807, 2.05) is 0 Å². The van der Waals surface area contributed by atoms with Crippen molar-refractivity contribution in [3.8, 4) is 5.75 Å². The number of nitrogens with one attached hydrogen (secondary N) is 1. The Morgan fingerprint density at radius 2 is 2.41 bits per heavy atom. The van der Waals surface area contributed by atoms with Crippen molar-refractivity contribution in [2.24, 2.45) is 0 Å². The van der Waals surface area contributed by atoms with Gasteiger partial charge in [-0.3, -0.25) is 0 Å². The van der Waals surface area contributed by atoms with Gasteiger partial charge in [0.15, 0.2) is 11.6 Å². The summed E-state index contributed by atoms with van der Waals surface area (Å²) in [5, 5.41) is 11.9. The summed E-state index contributed by atoms with van der Waals surface area (Å²) in [5.41, 5.74) is -0.0751. The molecule has 0 spiro atoms. The SMILES string of the molecule is O=C(O)c1ccc(OCC2CCCN2)c(F)c1. The van der Waals surface area contributed by atoms with Gasteiger partial charge in [-0.05, 0) is 37.6 Å². The van der Waals surface area contributed by atoms with Gasteiger partial charge in [0, 0.05) is 6.04 Å². The molecule has 1 aliphatic rings. The molecule has 2 rings (SSSR count). The van der Waals surface area contributed by atoms with Crippen molar-refractivity contribution in [2.45, 2.75) is 18.9 Å². The van der Waals surface area contributed by atoms with Gasteiger partial charge in [-0.15, -0.1) is 0 Å². The number of rotatable bonds is 4. The Kier molecular flexibility index (Phi) is 3.58. The van der Waals surface area contributed by atoms with Crippen LogP contribution in [0.1, 0.15) is 23.2 Å². The van der Waals surface area contributed by atoms with E-state index in [0.29, 0.717) is 6.61 Å². The summed E-state index contributed by atoms with van der Waals surface area (Å²) in [7, 11) is 0. The quantitative estimate of drug-likeness (QED) is 0.838. The molecule has 0 aromatic heterocycles. The van der Waals surface area contributed by atoms with Crippen molar-refractivity contribution in [3.63, 3.8) is 0 Å². The predicted molar refractivity (Wildman–Crippen MR) is 59.9 cm³/mol. The summed E-state index contributed by atoms with van der Waals surface area (Å²) in [6.07, 6.45) is 2.13. The lowest BCUT2D eigenvalue weighted by Gasteiger charge is -2.12. The summed E-state index contributed by atoms with van der Waals surface area (Å²) in [6, 6.07) is 3.92. The third-order valence-corrected chi connectivity index (χ3v) is 2.78. The minimum Gasteiger partial charge on any atom is -0.489 e. The lowest BCUT2D eigenvalue weighted by atomic mass is 10.2. The van der Waals surface area contributed by atoms with E-state index >= 15 is 0 Å². The number of ether oxygens (including phenoxy) is 1. The van der Waals surface area contributed by atoms with Gasteiger partial charge < -0.3 is 15.2 Å². The van der Waals surface area contributed by atoms with E-state index in [-0.39, 0.29) is 17.4 Å². The maximum Gasteiger partial charge on any atom is 0.335 e. The maximum absolute atomic E-state index is 13.5. The molecule has 92 valence electrons. The standard InChI is InChI=1S/C12H14FNO3/c13-10-6-8(12(15)16)3-4-11(10)17-7-9-2-1-5-14-9/h3-4,6,9,14H,1-2,5,7H2,(H,15,16). The molecule has 1 unspecified atom stereocenters. The molecular weight excluding hydrogens is 225 g/mol. The second-order valence-electron chi connectivity index (χ2n) is 4.05. The number of hydrogen-bond acceptors (Lipinski definition) is 3. The van der Waals surface area contributed by atoms with E-state index in [1.54, 1.807) is 0 Å². The Morgan fingerprint density at radius 1 is 1.59 bits per heavy atom. The molecule has 1 aromatic rings. The predicted octanol–water partition coefficient (Wildman–Crippen LogP) is 1.65. The number of carbonyl (C=O) groups is 1. The van der Waals surface area contributed by atoms with Gasteiger partial charge >= 0.3 is 5.97 Å². The Labute approximate surface area is 98.4 Å². The Morgan fingerprint density at radius 3 is 3.00 bits per heavy atom. The lowest BCUT2D eigenvalue weighted by Crippen LogP contribution is -2.28. The van der Waals surface area contributed by atoms with Crippen molar-refractivity contribution < 1.29 is 19.0 Å². The van der Waals surface area contributed by atoms with Gasteiger partial charge in [0.05, 0.1) is 5.56 Å². The Hall–Kier alpha value is -1.62. The molecule has 0 bridgehead atoms. The smallest absolute Gasteiger partial charge is 0.335 e. The van der Waals surface area contributed by atoms with Crippen LogP contribution < -0.4 is 10.1 Å². The van der Waals surface area contributed by atoms with E-state index in [4.69, 9.17) is 9.84 Å². The van der Waals surface area contributed by atoms with Crippen molar-refractivity contribution >= 4 is 5.97 Å². The van der Waals surface area contributed by atoms with E-state index in [2.05, 4.69) is 5.32 Å². The van der Waals surface area contributed by atoms with Crippen LogP contribution in [0.5, 0.6) is 5.75 Å². The third-order valence-electron chi connectivity index (χ3n) is 2.78. The summed E-state index contributed by atoms with van der Waals surface area (Å²) < 4.78 is 18.8. The van der Waals surface area contributed by atoms with Crippen LogP contribution in [-0.2, 0) is 0 Å². The number of carboxylic acid groups (broad SMARTS) is 1. The molecule has 0 amide bonds. The number of hydrogen-bond donors (Lipinski definition) is 2.